The third-order valence-corrected chi connectivity index (χ3v) is 4.34. The van der Waals surface area contributed by atoms with E-state index in [0.29, 0.717) is 5.15 Å². The Morgan fingerprint density at radius 1 is 1.56 bits per heavy atom. The molecule has 0 bridgehead atoms. The molecule has 1 N–H and O–H groups in total. The van der Waals surface area contributed by atoms with Gasteiger partial charge in [-0.2, -0.15) is 5.10 Å². The smallest absolute Gasteiger partial charge is 0.131 e. The van der Waals surface area contributed by atoms with Gasteiger partial charge in [0, 0.05) is 18.7 Å². The van der Waals surface area contributed by atoms with Crippen LogP contribution in [-0.2, 0) is 18.0 Å². The van der Waals surface area contributed by atoms with Crippen LogP contribution in [0.15, 0.2) is 6.20 Å². The first kappa shape index (κ1) is 13.7. The largest absolute Gasteiger partial charge is 0.257 e. The lowest BCUT2D eigenvalue weighted by molar-refractivity contribution is 0.616. The van der Waals surface area contributed by atoms with Crippen LogP contribution in [0.2, 0.25) is 5.15 Å². The second-order valence-corrected chi connectivity index (χ2v) is 7.09. The van der Waals surface area contributed by atoms with Crippen molar-refractivity contribution in [3.8, 4) is 0 Å². The number of hydrogen-bond acceptors (Lipinski definition) is 2. The highest BCUT2D eigenvalue weighted by Crippen LogP contribution is 2.23. The Morgan fingerprint density at radius 3 is 2.50 bits per heavy atom. The minimum atomic E-state index is -1.11. The zero-order valence-corrected chi connectivity index (χ0v) is 11.8. The molecule has 2 atom stereocenters. The number of nitrogens with zero attached hydrogens (tertiary/aromatic N) is 2. The van der Waals surface area contributed by atoms with Gasteiger partial charge in [0.25, 0.3) is 0 Å². The third-order valence-electron chi connectivity index (χ3n) is 2.20. The molecule has 1 aromatic rings. The molecule has 0 aliphatic rings. The molecule has 4 nitrogen and oxygen atoms in total. The average molecular weight is 264 g/mol. The van der Waals surface area contributed by atoms with Crippen molar-refractivity contribution in [2.45, 2.75) is 38.5 Å². The summed E-state index contributed by atoms with van der Waals surface area (Å²) in [6.45, 7) is 7.70. The Morgan fingerprint density at radius 2 is 2.12 bits per heavy atom. The minimum Gasteiger partial charge on any atom is -0.257 e. The minimum absolute atomic E-state index is 0.0822. The van der Waals surface area contributed by atoms with E-state index in [0.717, 1.165) is 5.56 Å². The van der Waals surface area contributed by atoms with Crippen LogP contribution in [0.4, 0.5) is 0 Å². The number of hydrogen-bond donors (Lipinski definition) is 1. The van der Waals surface area contributed by atoms with Crippen molar-refractivity contribution in [2.24, 2.45) is 7.05 Å². The van der Waals surface area contributed by atoms with E-state index in [2.05, 4.69) is 9.82 Å². The Bertz CT molecular complexity index is 397. The van der Waals surface area contributed by atoms with Crippen molar-refractivity contribution in [3.05, 3.63) is 16.9 Å². The highest BCUT2D eigenvalue weighted by atomic mass is 35.5. The first-order chi connectivity index (χ1) is 7.23. The quantitative estimate of drug-likeness (QED) is 0.909. The molecule has 0 aliphatic carbocycles. The zero-order valence-electron chi connectivity index (χ0n) is 10.2. The lowest BCUT2D eigenvalue weighted by atomic mass is 10.2. The molecule has 0 amide bonds. The molecule has 0 aromatic carbocycles. The highest BCUT2D eigenvalue weighted by Gasteiger charge is 2.23. The van der Waals surface area contributed by atoms with Crippen molar-refractivity contribution in [1.29, 1.82) is 0 Å². The predicted octanol–water partition coefficient (Wildman–Crippen LogP) is 2.19. The molecule has 0 fully saturated rings. The fraction of sp³-hybridized carbons (Fsp3) is 0.700. The standard InChI is InChI=1S/C10H18ClN3OS/c1-7(13-16(15)10(2,3)4)8-6-12-14(5)9(8)11/h6-7,13H,1-5H3/t7-,16?/m1/s1. The van der Waals surface area contributed by atoms with Gasteiger partial charge in [-0.15, -0.1) is 0 Å². The fourth-order valence-electron chi connectivity index (χ4n) is 1.13. The summed E-state index contributed by atoms with van der Waals surface area (Å²) in [5, 5.41) is 4.63. The molecule has 0 spiro atoms. The molecule has 0 saturated carbocycles. The molecule has 16 heavy (non-hydrogen) atoms. The number of aryl methyl sites for hydroxylation is 1. The number of nitrogens with one attached hydrogen (secondary N) is 1. The van der Waals surface area contributed by atoms with Crippen LogP contribution in [-0.4, -0.2) is 18.7 Å². The normalized spacial score (nSPS) is 16.1. The number of aromatic nitrogens is 2. The van der Waals surface area contributed by atoms with Gasteiger partial charge in [-0.1, -0.05) is 11.6 Å². The monoisotopic (exact) mass is 263 g/mol. The summed E-state index contributed by atoms with van der Waals surface area (Å²) >= 11 is 6.06. The van der Waals surface area contributed by atoms with Crippen LogP contribution in [0.1, 0.15) is 39.3 Å². The molecule has 1 unspecified atom stereocenters. The Hall–Kier alpha value is -0.390. The molecule has 1 aromatic heterocycles. The second kappa shape index (κ2) is 4.85. The molecular weight excluding hydrogens is 246 g/mol. The SMILES string of the molecule is C[C@@H](NS(=O)C(C)(C)C)c1cnn(C)c1Cl. The lowest BCUT2D eigenvalue weighted by Crippen LogP contribution is -2.34. The summed E-state index contributed by atoms with van der Waals surface area (Å²) in [6, 6.07) is -0.0822. The van der Waals surface area contributed by atoms with E-state index in [1.54, 1.807) is 17.9 Å². The second-order valence-electron chi connectivity index (χ2n) is 4.73. The topological polar surface area (TPSA) is 46.9 Å². The average Bonchev–Trinajstić information content (AvgIpc) is 2.46. The van der Waals surface area contributed by atoms with Crippen LogP contribution in [0.25, 0.3) is 0 Å². The van der Waals surface area contributed by atoms with Crippen LogP contribution < -0.4 is 4.72 Å². The van der Waals surface area contributed by atoms with Crippen LogP contribution in [0.5, 0.6) is 0 Å². The van der Waals surface area contributed by atoms with Gasteiger partial charge in [-0.3, -0.25) is 4.68 Å². The van der Waals surface area contributed by atoms with E-state index >= 15 is 0 Å². The molecule has 1 rings (SSSR count). The maximum atomic E-state index is 11.9. The molecular formula is C10H18ClN3OS. The van der Waals surface area contributed by atoms with Gasteiger partial charge in [0.15, 0.2) is 0 Å². The summed E-state index contributed by atoms with van der Waals surface area (Å²) in [7, 11) is 0.664. The van der Waals surface area contributed by atoms with Crippen molar-refractivity contribution < 1.29 is 4.21 Å². The number of halogens is 1. The van der Waals surface area contributed by atoms with Gasteiger partial charge in [-0.25, -0.2) is 8.93 Å². The van der Waals surface area contributed by atoms with Gasteiger partial charge in [0.2, 0.25) is 0 Å². The summed E-state index contributed by atoms with van der Waals surface area (Å²) in [5.74, 6) is 0. The van der Waals surface area contributed by atoms with Crippen molar-refractivity contribution in [3.63, 3.8) is 0 Å². The van der Waals surface area contributed by atoms with Gasteiger partial charge < -0.3 is 0 Å². The lowest BCUT2D eigenvalue weighted by Gasteiger charge is -2.21. The van der Waals surface area contributed by atoms with Crippen LogP contribution in [0, 0.1) is 0 Å². The number of rotatable bonds is 3. The van der Waals surface area contributed by atoms with Crippen LogP contribution in [0.3, 0.4) is 0 Å². The molecule has 0 radical (unpaired) electrons. The summed E-state index contributed by atoms with van der Waals surface area (Å²) in [5.41, 5.74) is 0.863. The molecule has 6 heteroatoms. The third kappa shape index (κ3) is 3.06. The zero-order chi connectivity index (χ0) is 12.5. The van der Waals surface area contributed by atoms with Gasteiger partial charge in [0.05, 0.1) is 21.9 Å². The highest BCUT2D eigenvalue weighted by molar-refractivity contribution is 7.84. The summed E-state index contributed by atoms with van der Waals surface area (Å²) < 4.78 is 16.2. The first-order valence-corrected chi connectivity index (χ1v) is 6.61. The molecule has 0 aliphatic heterocycles. The van der Waals surface area contributed by atoms with Crippen LogP contribution >= 0.6 is 11.6 Å². The Labute approximate surface area is 104 Å². The van der Waals surface area contributed by atoms with E-state index in [1.165, 1.54) is 0 Å². The molecule has 92 valence electrons. The molecule has 1 heterocycles. The predicted molar refractivity (Wildman–Crippen MR) is 67.7 cm³/mol. The summed E-state index contributed by atoms with van der Waals surface area (Å²) in [6.07, 6.45) is 1.69. The van der Waals surface area contributed by atoms with Crippen molar-refractivity contribution in [2.75, 3.05) is 0 Å². The fourth-order valence-corrected chi connectivity index (χ4v) is 2.19. The van der Waals surface area contributed by atoms with E-state index in [9.17, 15) is 4.21 Å². The van der Waals surface area contributed by atoms with E-state index in [4.69, 9.17) is 11.6 Å². The van der Waals surface area contributed by atoms with E-state index in [-0.39, 0.29) is 10.8 Å². The van der Waals surface area contributed by atoms with Crippen molar-refractivity contribution >= 4 is 22.6 Å². The van der Waals surface area contributed by atoms with E-state index < -0.39 is 11.0 Å². The van der Waals surface area contributed by atoms with Gasteiger partial charge in [0.1, 0.15) is 5.15 Å². The maximum absolute atomic E-state index is 11.9. The summed E-state index contributed by atoms with van der Waals surface area (Å²) in [4.78, 5) is 0. The maximum Gasteiger partial charge on any atom is 0.131 e. The Balaban J connectivity index is 2.77. The Kier molecular flexibility index (Phi) is 4.15. The first-order valence-electron chi connectivity index (χ1n) is 5.09. The van der Waals surface area contributed by atoms with Gasteiger partial charge >= 0.3 is 0 Å². The van der Waals surface area contributed by atoms with E-state index in [1.807, 2.05) is 27.7 Å². The van der Waals surface area contributed by atoms with Gasteiger partial charge in [-0.05, 0) is 27.7 Å². The molecule has 0 saturated heterocycles. The van der Waals surface area contributed by atoms with Crippen molar-refractivity contribution in [1.82, 2.24) is 14.5 Å².